The van der Waals surface area contributed by atoms with Crippen LogP contribution >= 0.6 is 23.4 Å². The fourth-order valence-electron chi connectivity index (χ4n) is 3.64. The maximum absolute atomic E-state index is 13.0. The Morgan fingerprint density at radius 1 is 1.16 bits per heavy atom. The summed E-state index contributed by atoms with van der Waals surface area (Å²) in [5.74, 6) is -0.0150. The molecule has 7 nitrogen and oxygen atoms in total. The SMILES string of the molecule is CSc1nccn1-c1ccc(C(=O)N2CCCC(C(=O)Nc3ccc(Cl)cn3)C2)cc1. The predicted octanol–water partition coefficient (Wildman–Crippen LogP) is 4.13. The lowest BCUT2D eigenvalue weighted by Crippen LogP contribution is -2.43. The maximum Gasteiger partial charge on any atom is 0.253 e. The number of amides is 2. The quantitative estimate of drug-likeness (QED) is 0.585. The lowest BCUT2D eigenvalue weighted by atomic mass is 9.96. The molecule has 2 aromatic heterocycles. The third-order valence-corrected chi connectivity index (χ3v) is 6.13. The molecule has 31 heavy (non-hydrogen) atoms. The van der Waals surface area contributed by atoms with Gasteiger partial charge in [-0.3, -0.25) is 14.2 Å². The lowest BCUT2D eigenvalue weighted by Gasteiger charge is -2.32. The van der Waals surface area contributed by atoms with Crippen LogP contribution in [0.25, 0.3) is 5.69 Å². The van der Waals surface area contributed by atoms with Crippen LogP contribution in [-0.2, 0) is 4.79 Å². The van der Waals surface area contributed by atoms with E-state index in [4.69, 9.17) is 11.6 Å². The summed E-state index contributed by atoms with van der Waals surface area (Å²) in [6.45, 7) is 1.03. The average molecular weight is 456 g/mol. The van der Waals surface area contributed by atoms with Crippen LogP contribution in [0.5, 0.6) is 0 Å². The maximum atomic E-state index is 13.0. The van der Waals surface area contributed by atoms with Crippen LogP contribution in [0.15, 0.2) is 60.1 Å². The molecule has 9 heteroatoms. The summed E-state index contributed by atoms with van der Waals surface area (Å²) >= 11 is 7.40. The third kappa shape index (κ3) is 4.91. The van der Waals surface area contributed by atoms with E-state index in [9.17, 15) is 9.59 Å². The van der Waals surface area contributed by atoms with Gasteiger partial charge in [0.2, 0.25) is 5.91 Å². The first-order chi connectivity index (χ1) is 15.0. The van der Waals surface area contributed by atoms with E-state index in [-0.39, 0.29) is 17.7 Å². The molecule has 0 spiro atoms. The number of hydrogen-bond acceptors (Lipinski definition) is 5. The summed E-state index contributed by atoms with van der Waals surface area (Å²) in [6.07, 6.45) is 8.63. The second-order valence-corrected chi connectivity index (χ2v) is 8.48. The summed E-state index contributed by atoms with van der Waals surface area (Å²) in [4.78, 5) is 35.8. The molecule has 0 saturated carbocycles. The van der Waals surface area contributed by atoms with E-state index >= 15 is 0 Å². The molecular weight excluding hydrogens is 434 g/mol. The first kappa shape index (κ1) is 21.4. The van der Waals surface area contributed by atoms with Crippen LogP contribution in [0.3, 0.4) is 0 Å². The number of aromatic nitrogens is 3. The second kappa shape index (κ2) is 9.53. The Balaban J connectivity index is 1.41. The number of pyridine rings is 1. The van der Waals surface area contributed by atoms with Crippen molar-refractivity contribution in [2.75, 3.05) is 24.7 Å². The number of halogens is 1. The van der Waals surface area contributed by atoms with Crippen molar-refractivity contribution in [1.29, 1.82) is 0 Å². The Morgan fingerprint density at radius 3 is 2.68 bits per heavy atom. The molecule has 2 amide bonds. The van der Waals surface area contributed by atoms with Crippen LogP contribution < -0.4 is 5.32 Å². The Morgan fingerprint density at radius 2 is 1.97 bits per heavy atom. The number of rotatable bonds is 5. The number of nitrogens with zero attached hydrogens (tertiary/aromatic N) is 4. The van der Waals surface area contributed by atoms with Crippen molar-refractivity contribution in [3.8, 4) is 5.69 Å². The van der Waals surface area contributed by atoms with Gasteiger partial charge in [-0.05, 0) is 55.5 Å². The number of anilines is 1. The van der Waals surface area contributed by atoms with Crippen molar-refractivity contribution >= 4 is 41.0 Å². The number of imidazole rings is 1. The molecule has 3 aromatic rings. The Bertz CT molecular complexity index is 1070. The lowest BCUT2D eigenvalue weighted by molar-refractivity contribution is -0.121. The van der Waals surface area contributed by atoms with Crippen LogP contribution in [0.4, 0.5) is 5.82 Å². The summed E-state index contributed by atoms with van der Waals surface area (Å²) < 4.78 is 1.98. The summed E-state index contributed by atoms with van der Waals surface area (Å²) in [5.41, 5.74) is 1.56. The number of carbonyl (C=O) groups excluding carboxylic acids is 2. The summed E-state index contributed by atoms with van der Waals surface area (Å²) in [6, 6.07) is 10.8. The van der Waals surface area contributed by atoms with Crippen LogP contribution in [0, 0.1) is 5.92 Å². The van der Waals surface area contributed by atoms with Gasteiger partial charge in [-0.15, -0.1) is 0 Å². The second-order valence-electron chi connectivity index (χ2n) is 7.27. The van der Waals surface area contributed by atoms with Gasteiger partial charge in [-0.25, -0.2) is 9.97 Å². The van der Waals surface area contributed by atoms with Crippen molar-refractivity contribution in [2.45, 2.75) is 18.0 Å². The Hall–Kier alpha value is -2.84. The number of piperidine rings is 1. The van der Waals surface area contributed by atoms with Gasteiger partial charge in [0.05, 0.1) is 10.9 Å². The van der Waals surface area contributed by atoms with Crippen LogP contribution in [-0.4, -0.2) is 50.6 Å². The van der Waals surface area contributed by atoms with Crippen LogP contribution in [0.2, 0.25) is 5.02 Å². The zero-order chi connectivity index (χ0) is 21.8. The normalized spacial score (nSPS) is 16.2. The van der Waals surface area contributed by atoms with Crippen molar-refractivity contribution < 1.29 is 9.59 Å². The van der Waals surface area contributed by atoms with Crippen molar-refractivity contribution in [3.05, 3.63) is 65.6 Å². The molecule has 4 rings (SSSR count). The van der Waals surface area contributed by atoms with E-state index in [2.05, 4.69) is 15.3 Å². The van der Waals surface area contributed by atoms with E-state index in [0.717, 1.165) is 23.7 Å². The van der Waals surface area contributed by atoms with Gasteiger partial charge in [0, 0.05) is 42.9 Å². The fourth-order valence-corrected chi connectivity index (χ4v) is 4.28. The Labute approximate surface area is 189 Å². The minimum atomic E-state index is -0.274. The molecule has 160 valence electrons. The first-order valence-electron chi connectivity index (χ1n) is 9.94. The molecule has 0 radical (unpaired) electrons. The van der Waals surface area contributed by atoms with Gasteiger partial charge in [-0.1, -0.05) is 23.4 Å². The highest BCUT2D eigenvalue weighted by atomic mass is 35.5. The highest BCUT2D eigenvalue weighted by Crippen LogP contribution is 2.22. The van der Waals surface area contributed by atoms with E-state index in [1.165, 1.54) is 6.20 Å². The third-order valence-electron chi connectivity index (χ3n) is 5.24. The standard InChI is InChI=1S/C22H22ClN5O2S/c1-31-22-24-10-12-28(22)18-7-4-15(5-8-18)21(30)27-11-2-3-16(14-27)20(29)26-19-9-6-17(23)13-25-19/h4-10,12-13,16H,2-3,11,14H2,1H3,(H,25,26,29). The number of benzene rings is 1. The molecule has 1 aliphatic rings. The highest BCUT2D eigenvalue weighted by Gasteiger charge is 2.29. The van der Waals surface area contributed by atoms with Gasteiger partial charge < -0.3 is 10.2 Å². The molecule has 1 fully saturated rings. The van der Waals surface area contributed by atoms with E-state index in [1.54, 1.807) is 35.0 Å². The topological polar surface area (TPSA) is 80.1 Å². The summed E-state index contributed by atoms with van der Waals surface area (Å²) in [5, 5.41) is 4.21. The smallest absolute Gasteiger partial charge is 0.253 e. The predicted molar refractivity (Wildman–Crippen MR) is 122 cm³/mol. The number of likely N-dealkylation sites (tertiary alicyclic amines) is 1. The van der Waals surface area contributed by atoms with Crippen molar-refractivity contribution in [1.82, 2.24) is 19.4 Å². The molecule has 1 aromatic carbocycles. The number of thioether (sulfide) groups is 1. The fraction of sp³-hybridized carbons (Fsp3) is 0.273. The zero-order valence-electron chi connectivity index (χ0n) is 17.0. The number of carbonyl (C=O) groups is 2. The van der Waals surface area contributed by atoms with E-state index in [0.29, 0.717) is 29.5 Å². The molecule has 1 unspecified atom stereocenters. The minimum Gasteiger partial charge on any atom is -0.338 e. The molecule has 0 bridgehead atoms. The Kier molecular flexibility index (Phi) is 6.58. The number of nitrogens with one attached hydrogen (secondary N) is 1. The highest BCUT2D eigenvalue weighted by molar-refractivity contribution is 7.98. The largest absolute Gasteiger partial charge is 0.338 e. The van der Waals surface area contributed by atoms with Crippen molar-refractivity contribution in [2.24, 2.45) is 5.92 Å². The van der Waals surface area contributed by atoms with E-state index in [1.807, 2.05) is 41.3 Å². The first-order valence-corrected chi connectivity index (χ1v) is 11.5. The number of hydrogen-bond donors (Lipinski definition) is 1. The molecule has 1 N–H and O–H groups in total. The molecule has 0 aliphatic carbocycles. The van der Waals surface area contributed by atoms with E-state index < -0.39 is 0 Å². The van der Waals surface area contributed by atoms with Gasteiger partial charge >= 0.3 is 0 Å². The van der Waals surface area contributed by atoms with Gasteiger partial charge in [0.25, 0.3) is 5.91 Å². The monoisotopic (exact) mass is 455 g/mol. The molecule has 1 saturated heterocycles. The molecular formula is C22H22ClN5O2S. The summed E-state index contributed by atoms with van der Waals surface area (Å²) in [7, 11) is 0. The van der Waals surface area contributed by atoms with Gasteiger partial charge in [0.1, 0.15) is 5.82 Å². The van der Waals surface area contributed by atoms with Crippen LogP contribution in [0.1, 0.15) is 23.2 Å². The zero-order valence-corrected chi connectivity index (χ0v) is 18.6. The van der Waals surface area contributed by atoms with Crippen molar-refractivity contribution in [3.63, 3.8) is 0 Å². The average Bonchev–Trinajstić information content (AvgIpc) is 3.29. The molecule has 1 atom stereocenters. The molecule has 1 aliphatic heterocycles. The molecule has 3 heterocycles. The van der Waals surface area contributed by atoms with Gasteiger partial charge in [0.15, 0.2) is 5.16 Å². The minimum absolute atomic E-state index is 0.0654. The van der Waals surface area contributed by atoms with Gasteiger partial charge in [-0.2, -0.15) is 0 Å².